The zero-order valence-electron chi connectivity index (χ0n) is 20.4. The number of ether oxygens (including phenoxy) is 1. The molecule has 0 radical (unpaired) electrons. The number of nitrogens with zero attached hydrogens (tertiary/aromatic N) is 3. The molecule has 9 heteroatoms. The Morgan fingerprint density at radius 1 is 1.16 bits per heavy atom. The molecule has 5 unspecified atom stereocenters. The van der Waals surface area contributed by atoms with Crippen LogP contribution in [-0.4, -0.2) is 89.7 Å². The summed E-state index contributed by atoms with van der Waals surface area (Å²) in [6, 6.07) is -2.19. The fraction of sp³-hybridized carbons (Fsp3) is 0.739. The van der Waals surface area contributed by atoms with Gasteiger partial charge < -0.3 is 24.8 Å². The molecule has 0 bridgehead atoms. The molecular weight excluding hydrogens is 412 g/mol. The predicted molar refractivity (Wildman–Crippen MR) is 120 cm³/mol. The molecule has 180 valence electrons. The third-order valence-electron chi connectivity index (χ3n) is 6.62. The van der Waals surface area contributed by atoms with Crippen molar-refractivity contribution in [2.24, 2.45) is 5.92 Å². The monoisotopic (exact) mass is 450 g/mol. The van der Waals surface area contributed by atoms with Gasteiger partial charge in [0.05, 0.1) is 13.2 Å². The van der Waals surface area contributed by atoms with E-state index in [9.17, 15) is 19.2 Å². The van der Waals surface area contributed by atoms with E-state index >= 15 is 0 Å². The van der Waals surface area contributed by atoms with Crippen LogP contribution in [0.3, 0.4) is 0 Å². The normalized spacial score (nSPS) is 25.3. The Bertz CT molecular complexity index is 767. The second-order valence-corrected chi connectivity index (χ2v) is 8.97. The molecule has 2 aliphatic rings. The molecule has 0 aliphatic carbocycles. The van der Waals surface area contributed by atoms with Crippen molar-refractivity contribution in [2.45, 2.75) is 78.0 Å². The number of allylic oxidation sites excluding steroid dienone is 1. The fourth-order valence-corrected chi connectivity index (χ4v) is 4.65. The van der Waals surface area contributed by atoms with E-state index in [1.807, 2.05) is 13.0 Å². The van der Waals surface area contributed by atoms with Gasteiger partial charge in [-0.2, -0.15) is 0 Å². The number of likely N-dealkylation sites (tertiary alicyclic amines) is 2. The molecule has 2 fully saturated rings. The number of nitrogens with one attached hydrogen (secondary N) is 1. The Labute approximate surface area is 191 Å². The molecule has 1 N–H and O–H groups in total. The second-order valence-electron chi connectivity index (χ2n) is 8.97. The summed E-state index contributed by atoms with van der Waals surface area (Å²) < 4.78 is 5.45. The molecule has 32 heavy (non-hydrogen) atoms. The summed E-state index contributed by atoms with van der Waals surface area (Å²) in [4.78, 5) is 55.4. The summed E-state index contributed by atoms with van der Waals surface area (Å²) in [7, 11) is 3.16. The van der Waals surface area contributed by atoms with Gasteiger partial charge >= 0.3 is 0 Å². The van der Waals surface area contributed by atoms with Crippen LogP contribution in [0.1, 0.15) is 53.9 Å². The Hall–Kier alpha value is -2.58. The molecule has 0 aromatic rings. The maximum atomic E-state index is 13.1. The summed E-state index contributed by atoms with van der Waals surface area (Å²) in [5, 5.41) is 2.76. The third-order valence-corrected chi connectivity index (χ3v) is 6.62. The summed E-state index contributed by atoms with van der Waals surface area (Å²) in [5.74, 6) is 0.0866. The van der Waals surface area contributed by atoms with Crippen LogP contribution in [0.25, 0.3) is 0 Å². The van der Waals surface area contributed by atoms with E-state index in [0.29, 0.717) is 25.4 Å². The minimum atomic E-state index is -0.773. The van der Waals surface area contributed by atoms with Crippen molar-refractivity contribution >= 4 is 23.6 Å². The molecule has 4 amide bonds. The van der Waals surface area contributed by atoms with Crippen molar-refractivity contribution in [3.8, 4) is 0 Å². The van der Waals surface area contributed by atoms with E-state index in [-0.39, 0.29) is 23.8 Å². The zero-order chi connectivity index (χ0) is 24.2. The molecule has 0 spiro atoms. The fourth-order valence-electron chi connectivity index (χ4n) is 4.65. The standard InChI is InChI=1S/C23H38N4O5/c1-8-20(32-7)19-12-14(2)13-27(19)22(30)15(3)24-21(29)16(4)25(6)23(31)18-10-9-11-26(18)17(5)28/h8,14-16,18-19H,9-13H2,1-7H3,(H,24,29). The van der Waals surface area contributed by atoms with Gasteiger partial charge in [0.25, 0.3) is 0 Å². The van der Waals surface area contributed by atoms with Crippen LogP contribution in [0.2, 0.25) is 0 Å². The number of carbonyl (C=O) groups is 4. The lowest BCUT2D eigenvalue weighted by Gasteiger charge is -2.32. The number of amides is 4. The van der Waals surface area contributed by atoms with Gasteiger partial charge in [0.1, 0.15) is 23.9 Å². The van der Waals surface area contributed by atoms with E-state index in [1.165, 1.54) is 11.8 Å². The summed E-state index contributed by atoms with van der Waals surface area (Å²) in [5.41, 5.74) is 0. The van der Waals surface area contributed by atoms with E-state index < -0.39 is 24.0 Å². The molecule has 9 nitrogen and oxygen atoms in total. The topological polar surface area (TPSA) is 99.3 Å². The average molecular weight is 451 g/mol. The summed E-state index contributed by atoms with van der Waals surface area (Å²) in [6.07, 6.45) is 4.03. The van der Waals surface area contributed by atoms with Crippen LogP contribution in [0, 0.1) is 5.92 Å². The first-order chi connectivity index (χ1) is 15.0. The van der Waals surface area contributed by atoms with Crippen LogP contribution < -0.4 is 5.32 Å². The molecule has 2 aliphatic heterocycles. The quantitative estimate of drug-likeness (QED) is 0.587. The number of rotatable bonds is 7. The van der Waals surface area contributed by atoms with Gasteiger partial charge in [-0.3, -0.25) is 19.2 Å². The Morgan fingerprint density at radius 3 is 2.38 bits per heavy atom. The van der Waals surface area contributed by atoms with Crippen LogP contribution >= 0.6 is 0 Å². The Balaban J connectivity index is 2.02. The lowest BCUT2D eigenvalue weighted by Crippen LogP contribution is -2.56. The minimum absolute atomic E-state index is 0.142. The van der Waals surface area contributed by atoms with Gasteiger partial charge in [-0.05, 0) is 52.0 Å². The smallest absolute Gasteiger partial charge is 0.245 e. The third kappa shape index (κ3) is 5.42. The highest BCUT2D eigenvalue weighted by molar-refractivity contribution is 5.94. The SMILES string of the molecule is CC=C(OC)C1CC(C)CN1C(=O)C(C)NC(=O)C(C)N(C)C(=O)C1CCCN1C(C)=O. The number of likely N-dealkylation sites (N-methyl/N-ethyl adjacent to an activating group) is 1. The van der Waals surface area contributed by atoms with Crippen molar-refractivity contribution < 1.29 is 23.9 Å². The number of hydrogen-bond acceptors (Lipinski definition) is 5. The Kier molecular flexibility index (Phi) is 8.69. The maximum Gasteiger partial charge on any atom is 0.245 e. The first kappa shape index (κ1) is 25.7. The predicted octanol–water partition coefficient (Wildman–Crippen LogP) is 1.14. The molecule has 5 atom stereocenters. The highest BCUT2D eigenvalue weighted by Crippen LogP contribution is 2.29. The number of carbonyl (C=O) groups excluding carboxylic acids is 4. The summed E-state index contributed by atoms with van der Waals surface area (Å²) >= 11 is 0. The first-order valence-electron chi connectivity index (χ1n) is 11.4. The van der Waals surface area contributed by atoms with Crippen LogP contribution in [0.15, 0.2) is 11.8 Å². The van der Waals surface area contributed by atoms with Crippen LogP contribution in [-0.2, 0) is 23.9 Å². The van der Waals surface area contributed by atoms with Crippen molar-refractivity contribution in [3.05, 3.63) is 11.8 Å². The molecule has 2 heterocycles. The maximum absolute atomic E-state index is 13.1. The van der Waals surface area contributed by atoms with Crippen LogP contribution in [0.5, 0.6) is 0 Å². The highest BCUT2D eigenvalue weighted by atomic mass is 16.5. The zero-order valence-corrected chi connectivity index (χ0v) is 20.4. The molecule has 2 saturated heterocycles. The summed E-state index contributed by atoms with van der Waals surface area (Å²) in [6.45, 7) is 9.85. The van der Waals surface area contributed by atoms with Crippen LogP contribution in [0.4, 0.5) is 0 Å². The highest BCUT2D eigenvalue weighted by Gasteiger charge is 2.39. The van der Waals surface area contributed by atoms with Gasteiger partial charge in [-0.15, -0.1) is 0 Å². The lowest BCUT2D eigenvalue weighted by molar-refractivity contribution is -0.146. The van der Waals surface area contributed by atoms with Gasteiger partial charge in [0.15, 0.2) is 0 Å². The van der Waals surface area contributed by atoms with Gasteiger partial charge in [-0.1, -0.05) is 6.92 Å². The molecular formula is C23H38N4O5. The van der Waals surface area contributed by atoms with Gasteiger partial charge in [0.2, 0.25) is 23.6 Å². The van der Waals surface area contributed by atoms with Crippen molar-refractivity contribution in [1.29, 1.82) is 0 Å². The van der Waals surface area contributed by atoms with Crippen molar-refractivity contribution in [2.75, 3.05) is 27.2 Å². The minimum Gasteiger partial charge on any atom is -0.499 e. The van der Waals surface area contributed by atoms with Crippen molar-refractivity contribution in [1.82, 2.24) is 20.0 Å². The second kappa shape index (κ2) is 10.8. The first-order valence-corrected chi connectivity index (χ1v) is 11.4. The van der Waals surface area contributed by atoms with E-state index in [0.717, 1.165) is 18.6 Å². The largest absolute Gasteiger partial charge is 0.499 e. The van der Waals surface area contributed by atoms with Gasteiger partial charge in [0, 0.05) is 27.1 Å². The Morgan fingerprint density at radius 2 is 1.81 bits per heavy atom. The molecule has 0 aromatic heterocycles. The average Bonchev–Trinajstić information content (AvgIpc) is 3.39. The molecule has 0 aromatic carbocycles. The van der Waals surface area contributed by atoms with Gasteiger partial charge in [-0.25, -0.2) is 0 Å². The van der Waals surface area contributed by atoms with E-state index in [1.54, 1.807) is 37.8 Å². The van der Waals surface area contributed by atoms with Crippen molar-refractivity contribution in [3.63, 3.8) is 0 Å². The van der Waals surface area contributed by atoms with E-state index in [4.69, 9.17) is 4.74 Å². The lowest BCUT2D eigenvalue weighted by atomic mass is 10.1. The molecule has 0 saturated carbocycles. The molecule has 2 rings (SSSR count). The number of methoxy groups -OCH3 is 1. The van der Waals surface area contributed by atoms with E-state index in [2.05, 4.69) is 12.2 Å². The number of hydrogen-bond donors (Lipinski definition) is 1.